The van der Waals surface area contributed by atoms with Crippen molar-refractivity contribution in [3.63, 3.8) is 0 Å². The molecule has 0 bridgehead atoms. The van der Waals surface area contributed by atoms with Crippen molar-refractivity contribution in [2.75, 3.05) is 31.2 Å². The molecule has 0 fully saturated rings. The normalized spacial score (nSPS) is 10.9. The molecule has 196 valence electrons. The van der Waals surface area contributed by atoms with Crippen LogP contribution in [0.4, 0.5) is 16.4 Å². The number of aromatic nitrogens is 2. The van der Waals surface area contributed by atoms with Crippen molar-refractivity contribution in [2.45, 2.75) is 45.6 Å². The molecule has 2 amide bonds. The molecule has 2 rings (SSSR count). The van der Waals surface area contributed by atoms with Crippen LogP contribution in [0.5, 0.6) is 5.75 Å². The van der Waals surface area contributed by atoms with Crippen LogP contribution in [0, 0.1) is 5.41 Å². The molecule has 36 heavy (non-hydrogen) atoms. The lowest BCUT2D eigenvalue weighted by molar-refractivity contribution is 0.0520. The van der Waals surface area contributed by atoms with Crippen LogP contribution in [0.25, 0.3) is 0 Å². The lowest BCUT2D eigenvalue weighted by atomic mass is 10.1. The number of hydrogen-bond donors (Lipinski definition) is 6. The first-order valence-corrected chi connectivity index (χ1v) is 11.7. The molecule has 0 saturated heterocycles. The minimum atomic E-state index is -0.706. The Balaban J connectivity index is 1.61. The van der Waals surface area contributed by atoms with Crippen molar-refractivity contribution >= 4 is 41.2 Å². The number of hydrogen-bond acceptors (Lipinski definition) is 9. The summed E-state index contributed by atoms with van der Waals surface area (Å²) in [5.74, 6) is -0.424. The highest BCUT2D eigenvalue weighted by Crippen LogP contribution is 2.17. The SMILES string of the molecule is CC(C)(C)OC(=O)NCCOc1ccc(CCCCNC(=N)NC(=O)c2nc(Cl)c(N)nc2N)cc1. The van der Waals surface area contributed by atoms with E-state index in [1.54, 1.807) is 20.8 Å². The van der Waals surface area contributed by atoms with Gasteiger partial charge in [0, 0.05) is 6.54 Å². The molecule has 0 aliphatic carbocycles. The number of rotatable bonds is 10. The fourth-order valence-electron chi connectivity index (χ4n) is 2.88. The van der Waals surface area contributed by atoms with Gasteiger partial charge >= 0.3 is 6.09 Å². The third-order valence-corrected chi connectivity index (χ3v) is 4.79. The van der Waals surface area contributed by atoms with Crippen LogP contribution < -0.4 is 32.2 Å². The van der Waals surface area contributed by atoms with Crippen LogP contribution in [0.15, 0.2) is 24.3 Å². The Morgan fingerprint density at radius 3 is 2.39 bits per heavy atom. The molecule has 0 unspecified atom stereocenters. The fourth-order valence-corrected chi connectivity index (χ4v) is 3.01. The summed E-state index contributed by atoms with van der Waals surface area (Å²) in [6.07, 6.45) is 2.03. The second-order valence-electron chi connectivity index (χ2n) is 8.77. The van der Waals surface area contributed by atoms with Crippen LogP contribution in [0.3, 0.4) is 0 Å². The molecular weight excluding hydrogens is 488 g/mol. The van der Waals surface area contributed by atoms with Gasteiger partial charge in [0.05, 0.1) is 6.54 Å². The van der Waals surface area contributed by atoms with E-state index in [0.29, 0.717) is 25.4 Å². The zero-order chi connectivity index (χ0) is 26.7. The molecule has 0 atom stereocenters. The molecule has 1 aromatic carbocycles. The average Bonchev–Trinajstić information content (AvgIpc) is 2.78. The number of guanidine groups is 1. The standard InChI is InChI=1S/C23H33ClN8O4/c1-23(2,3)36-22(34)29-12-13-35-15-9-7-14(8-10-15)6-4-5-11-28-21(27)32-20(33)16-18(25)31-19(26)17(24)30-16/h7-10H,4-6,11-13H2,1-3H3,(H,29,34)(H4,25,26,31)(H3,27,28,32,33). The monoisotopic (exact) mass is 520 g/mol. The molecule has 0 spiro atoms. The van der Waals surface area contributed by atoms with Gasteiger partial charge in [-0.3, -0.25) is 15.5 Å². The van der Waals surface area contributed by atoms with Gasteiger partial charge < -0.3 is 31.6 Å². The number of carbonyl (C=O) groups is 2. The number of ether oxygens (including phenoxy) is 2. The second-order valence-corrected chi connectivity index (χ2v) is 9.13. The summed E-state index contributed by atoms with van der Waals surface area (Å²) >= 11 is 5.77. The molecule has 1 aromatic heterocycles. The number of alkyl carbamates (subject to hydrolysis) is 1. The van der Waals surface area contributed by atoms with E-state index in [0.717, 1.165) is 24.8 Å². The summed E-state index contributed by atoms with van der Waals surface area (Å²) in [4.78, 5) is 31.3. The number of aryl methyl sites for hydroxylation is 1. The Hall–Kier alpha value is -3.80. The predicted molar refractivity (Wildman–Crippen MR) is 138 cm³/mol. The quantitative estimate of drug-likeness (QED) is 0.155. The predicted octanol–water partition coefficient (Wildman–Crippen LogP) is 2.47. The number of carbonyl (C=O) groups excluding carboxylic acids is 2. The van der Waals surface area contributed by atoms with Crippen molar-refractivity contribution in [3.8, 4) is 5.75 Å². The maximum absolute atomic E-state index is 12.2. The van der Waals surface area contributed by atoms with Gasteiger partial charge in [0.2, 0.25) is 0 Å². The average molecular weight is 521 g/mol. The Morgan fingerprint density at radius 2 is 1.72 bits per heavy atom. The summed E-state index contributed by atoms with van der Waals surface area (Å²) in [5.41, 5.74) is 11.5. The number of benzene rings is 1. The number of nitrogen functional groups attached to an aromatic ring is 2. The van der Waals surface area contributed by atoms with E-state index >= 15 is 0 Å². The Kier molecular flexibility index (Phi) is 10.5. The van der Waals surface area contributed by atoms with Crippen molar-refractivity contribution in [1.29, 1.82) is 5.41 Å². The number of nitrogens with two attached hydrogens (primary N) is 2. The van der Waals surface area contributed by atoms with Crippen molar-refractivity contribution in [1.82, 2.24) is 25.9 Å². The summed E-state index contributed by atoms with van der Waals surface area (Å²) in [6, 6.07) is 7.72. The number of unbranched alkanes of at least 4 members (excludes halogenated alkanes) is 1. The maximum Gasteiger partial charge on any atom is 0.407 e. The van der Waals surface area contributed by atoms with E-state index in [-0.39, 0.29) is 28.4 Å². The molecule has 0 saturated carbocycles. The first-order chi connectivity index (χ1) is 16.9. The summed E-state index contributed by atoms with van der Waals surface area (Å²) in [7, 11) is 0. The first kappa shape index (κ1) is 28.4. The molecule has 2 aromatic rings. The summed E-state index contributed by atoms with van der Waals surface area (Å²) in [5, 5.41) is 15.5. The molecule has 1 heterocycles. The molecular formula is C23H33ClN8O4. The van der Waals surface area contributed by atoms with E-state index in [1.165, 1.54) is 0 Å². The minimum Gasteiger partial charge on any atom is -0.492 e. The molecule has 0 aliphatic heterocycles. The van der Waals surface area contributed by atoms with Gasteiger partial charge in [-0.25, -0.2) is 14.8 Å². The number of nitrogens with one attached hydrogen (secondary N) is 4. The summed E-state index contributed by atoms with van der Waals surface area (Å²) in [6.45, 7) is 6.58. The number of amides is 2. The minimum absolute atomic E-state index is 0.0753. The largest absolute Gasteiger partial charge is 0.492 e. The lowest BCUT2D eigenvalue weighted by Crippen LogP contribution is -2.41. The van der Waals surface area contributed by atoms with E-state index in [4.69, 9.17) is 38.0 Å². The molecule has 12 nitrogen and oxygen atoms in total. The van der Waals surface area contributed by atoms with Crippen LogP contribution in [-0.4, -0.2) is 53.2 Å². The highest BCUT2D eigenvalue weighted by Gasteiger charge is 2.17. The van der Waals surface area contributed by atoms with Crippen LogP contribution in [-0.2, 0) is 11.2 Å². The van der Waals surface area contributed by atoms with Gasteiger partial charge in [0.15, 0.2) is 28.4 Å². The fraction of sp³-hybridized carbons (Fsp3) is 0.435. The lowest BCUT2D eigenvalue weighted by Gasteiger charge is -2.19. The van der Waals surface area contributed by atoms with Gasteiger partial charge in [-0.05, 0) is 57.7 Å². The third-order valence-electron chi connectivity index (χ3n) is 4.51. The zero-order valence-electron chi connectivity index (χ0n) is 20.6. The molecule has 8 N–H and O–H groups in total. The molecule has 0 radical (unpaired) electrons. The van der Waals surface area contributed by atoms with Crippen LogP contribution in [0.2, 0.25) is 5.15 Å². The Morgan fingerprint density at radius 1 is 1.03 bits per heavy atom. The second kappa shape index (κ2) is 13.3. The maximum atomic E-state index is 12.2. The highest BCUT2D eigenvalue weighted by molar-refractivity contribution is 6.31. The van der Waals surface area contributed by atoms with E-state index in [2.05, 4.69) is 25.9 Å². The highest BCUT2D eigenvalue weighted by atomic mass is 35.5. The third kappa shape index (κ3) is 10.2. The number of anilines is 2. The van der Waals surface area contributed by atoms with Gasteiger partial charge in [0.1, 0.15) is 18.0 Å². The van der Waals surface area contributed by atoms with Gasteiger partial charge in [0.25, 0.3) is 5.91 Å². The number of halogens is 1. The van der Waals surface area contributed by atoms with Crippen LogP contribution in [0.1, 0.15) is 49.7 Å². The van der Waals surface area contributed by atoms with E-state index in [9.17, 15) is 9.59 Å². The molecule has 0 aliphatic rings. The van der Waals surface area contributed by atoms with Crippen molar-refractivity contribution < 1.29 is 19.1 Å². The first-order valence-electron chi connectivity index (χ1n) is 11.4. The van der Waals surface area contributed by atoms with Crippen molar-refractivity contribution in [3.05, 3.63) is 40.7 Å². The smallest absolute Gasteiger partial charge is 0.407 e. The van der Waals surface area contributed by atoms with E-state index in [1.807, 2.05) is 24.3 Å². The van der Waals surface area contributed by atoms with E-state index < -0.39 is 17.6 Å². The van der Waals surface area contributed by atoms with Gasteiger partial charge in [-0.2, -0.15) is 0 Å². The Bertz CT molecular complexity index is 1060. The van der Waals surface area contributed by atoms with Gasteiger partial charge in [-0.1, -0.05) is 23.7 Å². The van der Waals surface area contributed by atoms with Crippen molar-refractivity contribution in [2.24, 2.45) is 0 Å². The van der Waals surface area contributed by atoms with Gasteiger partial charge in [-0.15, -0.1) is 0 Å². The zero-order valence-corrected chi connectivity index (χ0v) is 21.4. The topological polar surface area (TPSA) is 190 Å². The Labute approximate surface area is 215 Å². The molecule has 13 heteroatoms. The number of nitrogens with zero attached hydrogens (tertiary/aromatic N) is 2. The van der Waals surface area contributed by atoms with Crippen LogP contribution >= 0.6 is 11.6 Å². The summed E-state index contributed by atoms with van der Waals surface area (Å²) < 4.78 is 10.8.